The van der Waals surface area contributed by atoms with Crippen molar-refractivity contribution in [3.05, 3.63) is 41.2 Å². The third-order valence-electron chi connectivity index (χ3n) is 6.46. The minimum atomic E-state index is -0.309. The fourth-order valence-corrected chi connectivity index (χ4v) is 4.68. The molecule has 0 aliphatic carbocycles. The second-order valence-electron chi connectivity index (χ2n) is 8.67. The maximum Gasteiger partial charge on any atom is 0.224 e. The number of hydrogen-bond donors (Lipinski definition) is 2. The van der Waals surface area contributed by atoms with Crippen molar-refractivity contribution < 1.29 is 19.1 Å². The number of ether oxygens (including phenoxy) is 2. The number of nitrogens with zero attached hydrogens (tertiary/aromatic N) is 2. The van der Waals surface area contributed by atoms with Crippen LogP contribution >= 0.6 is 0 Å². The van der Waals surface area contributed by atoms with Gasteiger partial charge in [0.15, 0.2) is 0 Å². The Labute approximate surface area is 188 Å². The number of para-hydroxylation sites is 1. The zero-order valence-corrected chi connectivity index (χ0v) is 19.1. The highest BCUT2D eigenvalue weighted by Gasteiger charge is 2.42. The van der Waals surface area contributed by atoms with E-state index in [1.165, 1.54) is 0 Å². The average Bonchev–Trinajstić information content (AvgIpc) is 3.05. The van der Waals surface area contributed by atoms with Gasteiger partial charge in [0.2, 0.25) is 11.8 Å². The number of aryl methyl sites for hydroxylation is 2. The summed E-state index contributed by atoms with van der Waals surface area (Å²) in [7, 11) is 0. The van der Waals surface area contributed by atoms with Crippen LogP contribution in [0.5, 0.6) is 5.75 Å². The maximum atomic E-state index is 12.8. The molecule has 2 aromatic rings. The van der Waals surface area contributed by atoms with Crippen molar-refractivity contribution in [2.45, 2.75) is 71.1 Å². The molecule has 1 atom stereocenters. The molecule has 8 heteroatoms. The Balaban J connectivity index is 1.37. The van der Waals surface area contributed by atoms with Gasteiger partial charge in [-0.2, -0.15) is 5.10 Å². The Morgan fingerprint density at radius 2 is 1.88 bits per heavy atom. The lowest BCUT2D eigenvalue weighted by atomic mass is 9.82. The highest BCUT2D eigenvalue weighted by Crippen LogP contribution is 2.43. The molecule has 3 heterocycles. The predicted octanol–water partition coefficient (Wildman–Crippen LogP) is 3.43. The lowest BCUT2D eigenvalue weighted by Gasteiger charge is -2.44. The van der Waals surface area contributed by atoms with Crippen LogP contribution in [-0.2, 0) is 20.9 Å². The monoisotopic (exact) mass is 440 g/mol. The first-order valence-electron chi connectivity index (χ1n) is 11.4. The van der Waals surface area contributed by atoms with E-state index in [2.05, 4.69) is 15.7 Å². The molecule has 8 nitrogen and oxygen atoms in total. The summed E-state index contributed by atoms with van der Waals surface area (Å²) in [5.74, 6) is 0.500. The molecule has 2 amide bonds. The molecule has 32 heavy (non-hydrogen) atoms. The van der Waals surface area contributed by atoms with Gasteiger partial charge >= 0.3 is 0 Å². The van der Waals surface area contributed by atoms with Crippen LogP contribution in [0.1, 0.15) is 62.0 Å². The summed E-state index contributed by atoms with van der Waals surface area (Å²) < 4.78 is 13.7. The molecule has 1 aromatic carbocycles. The van der Waals surface area contributed by atoms with Gasteiger partial charge in [0.05, 0.1) is 36.3 Å². The second kappa shape index (κ2) is 9.32. The summed E-state index contributed by atoms with van der Waals surface area (Å²) in [6.45, 7) is 7.88. The lowest BCUT2D eigenvalue weighted by Crippen LogP contribution is -2.48. The number of carbonyl (C=O) groups is 2. The molecule has 0 bridgehead atoms. The molecule has 0 saturated carbocycles. The van der Waals surface area contributed by atoms with Gasteiger partial charge in [-0.05, 0) is 26.8 Å². The standard InChI is InChI=1S/C24H32N4O4/c1-4-28-17(3)23(16(2)27-28)26-22(30)10-9-21(29)25-19-15-24(11-13-31-14-12-24)32-20-8-6-5-7-18(19)20/h5-8,19H,4,9-15H2,1-3H3,(H,25,29)(H,26,30). The Bertz CT molecular complexity index is 994. The van der Waals surface area contributed by atoms with E-state index in [-0.39, 0.29) is 36.3 Å². The molecule has 4 rings (SSSR count). The fourth-order valence-electron chi connectivity index (χ4n) is 4.68. The Kier molecular flexibility index (Phi) is 6.50. The highest BCUT2D eigenvalue weighted by molar-refractivity contribution is 5.94. The third kappa shape index (κ3) is 4.65. The van der Waals surface area contributed by atoms with E-state index in [1.807, 2.05) is 49.7 Å². The lowest BCUT2D eigenvalue weighted by molar-refractivity contribution is -0.126. The normalized spacial score (nSPS) is 19.2. The smallest absolute Gasteiger partial charge is 0.224 e. The molecule has 2 aliphatic heterocycles. The molecule has 2 aliphatic rings. The second-order valence-corrected chi connectivity index (χ2v) is 8.67. The molecule has 0 radical (unpaired) electrons. The van der Waals surface area contributed by atoms with Crippen molar-refractivity contribution in [1.29, 1.82) is 0 Å². The van der Waals surface area contributed by atoms with Crippen molar-refractivity contribution in [2.24, 2.45) is 0 Å². The highest BCUT2D eigenvalue weighted by atomic mass is 16.5. The van der Waals surface area contributed by atoms with Crippen LogP contribution in [0.3, 0.4) is 0 Å². The van der Waals surface area contributed by atoms with Gasteiger partial charge in [0.25, 0.3) is 0 Å². The molecule has 1 unspecified atom stereocenters. The van der Waals surface area contributed by atoms with Crippen LogP contribution in [0, 0.1) is 13.8 Å². The zero-order valence-electron chi connectivity index (χ0n) is 19.1. The summed E-state index contributed by atoms with van der Waals surface area (Å²) in [6.07, 6.45) is 2.56. The van der Waals surface area contributed by atoms with E-state index in [4.69, 9.17) is 9.47 Å². The largest absolute Gasteiger partial charge is 0.487 e. The number of rotatable bonds is 6. The van der Waals surface area contributed by atoms with Gasteiger partial charge < -0.3 is 20.1 Å². The van der Waals surface area contributed by atoms with Crippen molar-refractivity contribution in [2.75, 3.05) is 18.5 Å². The van der Waals surface area contributed by atoms with Crippen LogP contribution < -0.4 is 15.4 Å². The minimum absolute atomic E-state index is 0.117. The van der Waals surface area contributed by atoms with E-state index in [0.717, 1.165) is 47.8 Å². The molecular formula is C24H32N4O4. The van der Waals surface area contributed by atoms with Crippen LogP contribution in [0.25, 0.3) is 0 Å². The number of carbonyl (C=O) groups excluding carboxylic acids is 2. The SMILES string of the molecule is CCn1nc(C)c(NC(=O)CCC(=O)NC2CC3(CCOCC3)Oc3ccccc32)c1C. The third-order valence-corrected chi connectivity index (χ3v) is 6.46. The van der Waals surface area contributed by atoms with E-state index < -0.39 is 0 Å². The molecule has 2 N–H and O–H groups in total. The maximum absolute atomic E-state index is 12.8. The number of amides is 2. The molecule has 1 saturated heterocycles. The quantitative estimate of drug-likeness (QED) is 0.718. The van der Waals surface area contributed by atoms with E-state index in [0.29, 0.717) is 19.6 Å². The molecule has 1 spiro atoms. The van der Waals surface area contributed by atoms with Gasteiger partial charge in [0.1, 0.15) is 11.4 Å². The summed E-state index contributed by atoms with van der Waals surface area (Å²) in [5, 5.41) is 10.5. The van der Waals surface area contributed by atoms with Gasteiger partial charge in [-0.25, -0.2) is 0 Å². The van der Waals surface area contributed by atoms with Gasteiger partial charge in [-0.15, -0.1) is 0 Å². The first-order chi connectivity index (χ1) is 15.4. The summed E-state index contributed by atoms with van der Waals surface area (Å²) >= 11 is 0. The van der Waals surface area contributed by atoms with Crippen molar-refractivity contribution in [3.8, 4) is 5.75 Å². The first-order valence-corrected chi connectivity index (χ1v) is 11.4. The van der Waals surface area contributed by atoms with Crippen LogP contribution in [0.4, 0.5) is 5.69 Å². The predicted molar refractivity (Wildman–Crippen MR) is 121 cm³/mol. The topological polar surface area (TPSA) is 94.5 Å². The van der Waals surface area contributed by atoms with Gasteiger partial charge in [-0.1, -0.05) is 18.2 Å². The van der Waals surface area contributed by atoms with Gasteiger partial charge in [0, 0.05) is 44.2 Å². The molecule has 1 aromatic heterocycles. The number of fused-ring (bicyclic) bond motifs is 1. The fraction of sp³-hybridized carbons (Fsp3) is 0.542. The Morgan fingerprint density at radius 3 is 2.59 bits per heavy atom. The number of nitrogens with one attached hydrogen (secondary N) is 2. The van der Waals surface area contributed by atoms with Crippen molar-refractivity contribution >= 4 is 17.5 Å². The van der Waals surface area contributed by atoms with Crippen LogP contribution in [0.15, 0.2) is 24.3 Å². The Hall–Kier alpha value is -2.87. The number of anilines is 1. The molecular weight excluding hydrogens is 408 g/mol. The van der Waals surface area contributed by atoms with E-state index in [1.54, 1.807) is 0 Å². The summed E-state index contributed by atoms with van der Waals surface area (Å²) in [6, 6.07) is 7.72. The summed E-state index contributed by atoms with van der Waals surface area (Å²) in [4.78, 5) is 25.3. The van der Waals surface area contributed by atoms with E-state index in [9.17, 15) is 9.59 Å². The van der Waals surface area contributed by atoms with Gasteiger partial charge in [-0.3, -0.25) is 14.3 Å². The van der Waals surface area contributed by atoms with Crippen molar-refractivity contribution in [1.82, 2.24) is 15.1 Å². The number of aromatic nitrogens is 2. The van der Waals surface area contributed by atoms with Crippen LogP contribution in [-0.4, -0.2) is 40.4 Å². The van der Waals surface area contributed by atoms with E-state index >= 15 is 0 Å². The number of benzene rings is 1. The Morgan fingerprint density at radius 1 is 1.16 bits per heavy atom. The minimum Gasteiger partial charge on any atom is -0.487 e. The average molecular weight is 441 g/mol. The van der Waals surface area contributed by atoms with Crippen LogP contribution in [0.2, 0.25) is 0 Å². The molecule has 172 valence electrons. The van der Waals surface area contributed by atoms with Crippen molar-refractivity contribution in [3.63, 3.8) is 0 Å². The zero-order chi connectivity index (χ0) is 22.7. The summed E-state index contributed by atoms with van der Waals surface area (Å²) in [5.41, 5.74) is 3.11. The number of hydrogen-bond acceptors (Lipinski definition) is 5. The molecule has 1 fully saturated rings. The first kappa shape index (κ1) is 22.3.